The quantitative estimate of drug-likeness (QED) is 0.913. The Labute approximate surface area is 132 Å². The van der Waals surface area contributed by atoms with Crippen LogP contribution < -0.4 is 5.73 Å². The molecular formula is C15H17ClN4O2. The Kier molecular flexibility index (Phi) is 3.78. The lowest BCUT2D eigenvalue weighted by molar-refractivity contribution is -0.123. The number of likely N-dealkylation sites (tertiary alicyclic amines) is 1. The summed E-state index contributed by atoms with van der Waals surface area (Å²) in [7, 11) is 0. The normalized spacial score (nSPS) is 16.2. The minimum absolute atomic E-state index is 0.0738. The van der Waals surface area contributed by atoms with Gasteiger partial charge in [0, 0.05) is 36.3 Å². The largest absolute Gasteiger partial charge is 0.369 e. The van der Waals surface area contributed by atoms with Gasteiger partial charge in [-0.25, -0.2) is 4.98 Å². The molecule has 0 radical (unpaired) electrons. The van der Waals surface area contributed by atoms with Crippen LogP contribution in [0.15, 0.2) is 18.3 Å². The van der Waals surface area contributed by atoms with Gasteiger partial charge in [0.2, 0.25) is 5.91 Å². The van der Waals surface area contributed by atoms with Crippen molar-refractivity contribution in [2.45, 2.75) is 19.8 Å². The van der Waals surface area contributed by atoms with E-state index < -0.39 is 0 Å². The number of aryl methyl sites for hydroxylation is 1. The zero-order valence-corrected chi connectivity index (χ0v) is 13.0. The van der Waals surface area contributed by atoms with Gasteiger partial charge in [0.1, 0.15) is 11.3 Å². The molecule has 0 spiro atoms. The third-order valence-corrected chi connectivity index (χ3v) is 4.38. The number of nitrogens with two attached hydrogens (primary N) is 1. The lowest BCUT2D eigenvalue weighted by Gasteiger charge is -2.30. The molecule has 2 aromatic heterocycles. The minimum atomic E-state index is -0.285. The van der Waals surface area contributed by atoms with Crippen LogP contribution in [-0.4, -0.2) is 39.2 Å². The Morgan fingerprint density at radius 1 is 1.36 bits per heavy atom. The van der Waals surface area contributed by atoms with E-state index in [0.717, 1.165) is 0 Å². The molecule has 2 N–H and O–H groups in total. The van der Waals surface area contributed by atoms with Crippen molar-refractivity contribution in [3.05, 3.63) is 34.7 Å². The number of piperidine rings is 1. The van der Waals surface area contributed by atoms with E-state index in [1.807, 2.05) is 6.92 Å². The number of carbonyl (C=O) groups excluding carboxylic acids is 2. The van der Waals surface area contributed by atoms with Gasteiger partial charge in [-0.15, -0.1) is 0 Å². The van der Waals surface area contributed by atoms with E-state index >= 15 is 0 Å². The molecule has 0 atom stereocenters. The fourth-order valence-corrected chi connectivity index (χ4v) is 3.07. The number of halogens is 1. The highest BCUT2D eigenvalue weighted by atomic mass is 35.5. The molecule has 0 aliphatic carbocycles. The van der Waals surface area contributed by atoms with Crippen LogP contribution in [0.4, 0.5) is 0 Å². The van der Waals surface area contributed by atoms with Crippen molar-refractivity contribution in [3.63, 3.8) is 0 Å². The van der Waals surface area contributed by atoms with Gasteiger partial charge in [-0.05, 0) is 25.8 Å². The molecule has 3 heterocycles. The van der Waals surface area contributed by atoms with Gasteiger partial charge in [-0.3, -0.25) is 14.0 Å². The van der Waals surface area contributed by atoms with E-state index in [-0.39, 0.29) is 17.7 Å². The maximum Gasteiger partial charge on any atom is 0.272 e. The van der Waals surface area contributed by atoms with Crippen LogP contribution in [0.5, 0.6) is 0 Å². The molecule has 1 aliphatic heterocycles. The molecule has 3 rings (SSSR count). The molecule has 6 nitrogen and oxygen atoms in total. The van der Waals surface area contributed by atoms with Crippen LogP contribution in [0.1, 0.15) is 29.0 Å². The first-order valence-corrected chi connectivity index (χ1v) is 7.58. The van der Waals surface area contributed by atoms with Gasteiger partial charge < -0.3 is 10.6 Å². The second-order valence-corrected chi connectivity index (χ2v) is 6.02. The lowest BCUT2D eigenvalue weighted by atomic mass is 9.96. The molecule has 0 bridgehead atoms. The number of hydrogen-bond donors (Lipinski definition) is 1. The first-order valence-electron chi connectivity index (χ1n) is 7.20. The SMILES string of the molecule is Cc1nc2cc(Cl)ccn2c1C(=O)N1CCC(C(N)=O)CC1. The maximum atomic E-state index is 12.8. The molecule has 1 aliphatic rings. The Morgan fingerprint density at radius 3 is 2.68 bits per heavy atom. The van der Waals surface area contributed by atoms with Crippen LogP contribution in [0.3, 0.4) is 0 Å². The monoisotopic (exact) mass is 320 g/mol. The summed E-state index contributed by atoms with van der Waals surface area (Å²) >= 11 is 5.96. The number of rotatable bonds is 2. The standard InChI is InChI=1S/C15H17ClN4O2/c1-9-13(20-7-4-11(16)8-12(20)18-9)15(22)19-5-2-10(3-6-19)14(17)21/h4,7-8,10H,2-3,5-6H2,1H3,(H2,17,21). The summed E-state index contributed by atoms with van der Waals surface area (Å²) in [6, 6.07) is 3.45. The van der Waals surface area contributed by atoms with E-state index in [1.165, 1.54) is 0 Å². The van der Waals surface area contributed by atoms with Gasteiger partial charge >= 0.3 is 0 Å². The molecule has 22 heavy (non-hydrogen) atoms. The minimum Gasteiger partial charge on any atom is -0.369 e. The summed E-state index contributed by atoms with van der Waals surface area (Å²) in [4.78, 5) is 30.1. The summed E-state index contributed by atoms with van der Waals surface area (Å²) in [5, 5.41) is 0.582. The highest BCUT2D eigenvalue weighted by Crippen LogP contribution is 2.22. The highest BCUT2D eigenvalue weighted by Gasteiger charge is 2.28. The molecule has 2 amide bonds. The van der Waals surface area contributed by atoms with E-state index in [0.29, 0.717) is 48.0 Å². The van der Waals surface area contributed by atoms with Crippen LogP contribution in [0.25, 0.3) is 5.65 Å². The number of aromatic nitrogens is 2. The van der Waals surface area contributed by atoms with Gasteiger partial charge in [0.05, 0.1) is 5.69 Å². The molecule has 1 saturated heterocycles. The Bertz CT molecular complexity index is 747. The number of fused-ring (bicyclic) bond motifs is 1. The fourth-order valence-electron chi connectivity index (χ4n) is 2.91. The van der Waals surface area contributed by atoms with Crippen LogP contribution >= 0.6 is 11.6 Å². The number of primary amides is 1. The topological polar surface area (TPSA) is 80.7 Å². The van der Waals surface area contributed by atoms with Crippen molar-refractivity contribution in [1.82, 2.24) is 14.3 Å². The molecule has 0 saturated carbocycles. The van der Waals surface area contributed by atoms with E-state index in [4.69, 9.17) is 17.3 Å². The van der Waals surface area contributed by atoms with Gasteiger partial charge in [0.15, 0.2) is 0 Å². The van der Waals surface area contributed by atoms with Gasteiger partial charge in [0.25, 0.3) is 5.91 Å². The lowest BCUT2D eigenvalue weighted by Crippen LogP contribution is -2.42. The first-order chi connectivity index (χ1) is 10.5. The van der Waals surface area contributed by atoms with Crippen molar-refractivity contribution in [2.24, 2.45) is 11.7 Å². The molecule has 7 heteroatoms. The van der Waals surface area contributed by atoms with Crippen molar-refractivity contribution in [2.75, 3.05) is 13.1 Å². The van der Waals surface area contributed by atoms with Gasteiger partial charge in [-0.1, -0.05) is 11.6 Å². The van der Waals surface area contributed by atoms with Crippen molar-refractivity contribution < 1.29 is 9.59 Å². The van der Waals surface area contributed by atoms with Crippen molar-refractivity contribution in [1.29, 1.82) is 0 Å². The third kappa shape index (κ3) is 2.54. The number of hydrogen-bond acceptors (Lipinski definition) is 3. The second-order valence-electron chi connectivity index (χ2n) is 5.59. The zero-order valence-electron chi connectivity index (χ0n) is 12.3. The fraction of sp³-hybridized carbons (Fsp3) is 0.400. The highest BCUT2D eigenvalue weighted by molar-refractivity contribution is 6.30. The van der Waals surface area contributed by atoms with E-state index in [9.17, 15) is 9.59 Å². The van der Waals surface area contributed by atoms with Crippen LogP contribution in [-0.2, 0) is 4.79 Å². The molecule has 116 valence electrons. The first kappa shape index (κ1) is 14.8. The van der Waals surface area contributed by atoms with Crippen LogP contribution in [0, 0.1) is 12.8 Å². The Balaban J connectivity index is 1.87. The summed E-state index contributed by atoms with van der Waals surface area (Å²) in [5.74, 6) is -0.492. The van der Waals surface area contributed by atoms with E-state index in [2.05, 4.69) is 4.98 Å². The number of nitrogens with zero attached hydrogens (tertiary/aromatic N) is 3. The summed E-state index contributed by atoms with van der Waals surface area (Å²) in [5.41, 5.74) is 7.20. The molecule has 1 fully saturated rings. The predicted octanol–water partition coefficient (Wildman–Crippen LogP) is 1.63. The zero-order chi connectivity index (χ0) is 15.9. The number of imidazole rings is 1. The molecular weight excluding hydrogens is 304 g/mol. The van der Waals surface area contributed by atoms with Crippen LogP contribution in [0.2, 0.25) is 5.02 Å². The number of carbonyl (C=O) groups is 2. The molecule has 0 aromatic carbocycles. The Hall–Kier alpha value is -2.08. The van der Waals surface area contributed by atoms with Gasteiger partial charge in [-0.2, -0.15) is 0 Å². The average Bonchev–Trinajstić information content (AvgIpc) is 2.81. The molecule has 0 unspecified atom stereocenters. The third-order valence-electron chi connectivity index (χ3n) is 4.15. The van der Waals surface area contributed by atoms with E-state index in [1.54, 1.807) is 27.6 Å². The van der Waals surface area contributed by atoms with Crippen molar-refractivity contribution >= 4 is 29.1 Å². The maximum absolute atomic E-state index is 12.8. The molecule has 2 aromatic rings. The number of amides is 2. The predicted molar refractivity (Wildman–Crippen MR) is 82.8 cm³/mol. The Morgan fingerprint density at radius 2 is 2.05 bits per heavy atom. The summed E-state index contributed by atoms with van der Waals surface area (Å²) in [6.07, 6.45) is 2.98. The second kappa shape index (κ2) is 5.61. The summed E-state index contributed by atoms with van der Waals surface area (Å²) < 4.78 is 1.75. The smallest absolute Gasteiger partial charge is 0.272 e. The number of pyridine rings is 1. The summed E-state index contributed by atoms with van der Waals surface area (Å²) in [6.45, 7) is 2.88. The average molecular weight is 321 g/mol. The van der Waals surface area contributed by atoms with Crippen molar-refractivity contribution in [3.8, 4) is 0 Å².